The lowest BCUT2D eigenvalue weighted by molar-refractivity contribution is -0.121. The molecule has 5 heteroatoms. The van der Waals surface area contributed by atoms with Crippen LogP contribution in [0.25, 0.3) is 0 Å². The zero-order valence-corrected chi connectivity index (χ0v) is 14.2. The normalized spacial score (nSPS) is 10.5. The Morgan fingerprint density at radius 1 is 1.09 bits per heavy atom. The third-order valence-corrected chi connectivity index (χ3v) is 3.41. The van der Waals surface area contributed by atoms with Gasteiger partial charge in [-0.05, 0) is 36.5 Å². The summed E-state index contributed by atoms with van der Waals surface area (Å²) in [6, 6.07) is 3.76. The lowest BCUT2D eigenvalue weighted by Crippen LogP contribution is -2.25. The van der Waals surface area contributed by atoms with Crippen LogP contribution in [0.3, 0.4) is 0 Å². The van der Waals surface area contributed by atoms with E-state index >= 15 is 0 Å². The van der Waals surface area contributed by atoms with Crippen LogP contribution >= 0.6 is 0 Å². The van der Waals surface area contributed by atoms with E-state index < -0.39 is 0 Å². The molecule has 0 spiro atoms. The second-order valence-electron chi connectivity index (χ2n) is 5.57. The predicted octanol–water partition coefficient (Wildman–Crippen LogP) is 2.81. The smallest absolute Gasteiger partial charge is 0.220 e. The highest BCUT2D eigenvalue weighted by Crippen LogP contribution is 2.38. The molecule has 0 aliphatic heterocycles. The van der Waals surface area contributed by atoms with Crippen LogP contribution in [0.5, 0.6) is 17.2 Å². The average Bonchev–Trinajstić information content (AvgIpc) is 2.51. The molecule has 1 rings (SSSR count). The van der Waals surface area contributed by atoms with Gasteiger partial charge < -0.3 is 19.5 Å². The Hall–Kier alpha value is -1.91. The molecule has 0 aliphatic carbocycles. The lowest BCUT2D eigenvalue weighted by atomic mass is 10.1. The van der Waals surface area contributed by atoms with Gasteiger partial charge in [-0.2, -0.15) is 0 Å². The van der Waals surface area contributed by atoms with Gasteiger partial charge in [0, 0.05) is 13.0 Å². The molecule has 0 fully saturated rings. The van der Waals surface area contributed by atoms with Crippen molar-refractivity contribution >= 4 is 5.91 Å². The Labute approximate surface area is 132 Å². The van der Waals surface area contributed by atoms with Crippen molar-refractivity contribution in [3.05, 3.63) is 17.7 Å². The largest absolute Gasteiger partial charge is 0.493 e. The molecule has 0 heterocycles. The Morgan fingerprint density at radius 3 is 2.14 bits per heavy atom. The molecule has 22 heavy (non-hydrogen) atoms. The summed E-state index contributed by atoms with van der Waals surface area (Å²) in [5, 5.41) is 2.94. The van der Waals surface area contributed by atoms with Crippen LogP contribution in [0, 0.1) is 5.92 Å². The summed E-state index contributed by atoms with van der Waals surface area (Å²) < 4.78 is 15.9. The summed E-state index contributed by atoms with van der Waals surface area (Å²) in [5.74, 6) is 2.44. The van der Waals surface area contributed by atoms with Gasteiger partial charge in [-0.1, -0.05) is 13.8 Å². The molecule has 5 nitrogen and oxygen atoms in total. The van der Waals surface area contributed by atoms with Crippen LogP contribution in [-0.4, -0.2) is 33.8 Å². The monoisotopic (exact) mass is 309 g/mol. The predicted molar refractivity (Wildman–Crippen MR) is 86.9 cm³/mol. The van der Waals surface area contributed by atoms with Gasteiger partial charge in [-0.3, -0.25) is 4.79 Å². The zero-order valence-electron chi connectivity index (χ0n) is 14.2. The van der Waals surface area contributed by atoms with E-state index in [-0.39, 0.29) is 5.91 Å². The fourth-order valence-corrected chi connectivity index (χ4v) is 2.13. The van der Waals surface area contributed by atoms with Crippen LogP contribution in [0.4, 0.5) is 0 Å². The van der Waals surface area contributed by atoms with Gasteiger partial charge in [-0.15, -0.1) is 0 Å². The lowest BCUT2D eigenvalue weighted by Gasteiger charge is -2.14. The van der Waals surface area contributed by atoms with Crippen molar-refractivity contribution in [1.82, 2.24) is 5.32 Å². The molecule has 0 bridgehead atoms. The fourth-order valence-electron chi connectivity index (χ4n) is 2.13. The van der Waals surface area contributed by atoms with E-state index in [1.165, 1.54) is 0 Å². The molecule has 0 unspecified atom stereocenters. The van der Waals surface area contributed by atoms with Gasteiger partial charge in [-0.25, -0.2) is 0 Å². The molecule has 124 valence electrons. The van der Waals surface area contributed by atoms with Crippen molar-refractivity contribution < 1.29 is 19.0 Å². The molecule has 1 aromatic carbocycles. The van der Waals surface area contributed by atoms with Crippen molar-refractivity contribution in [1.29, 1.82) is 0 Å². The van der Waals surface area contributed by atoms with Gasteiger partial charge in [0.1, 0.15) is 0 Å². The summed E-state index contributed by atoms with van der Waals surface area (Å²) in [7, 11) is 4.74. The number of benzene rings is 1. The molecule has 1 amide bonds. The number of hydrogen-bond donors (Lipinski definition) is 1. The van der Waals surface area contributed by atoms with Gasteiger partial charge in [0.25, 0.3) is 0 Å². The second-order valence-corrected chi connectivity index (χ2v) is 5.57. The third kappa shape index (κ3) is 5.47. The van der Waals surface area contributed by atoms with Crippen molar-refractivity contribution in [3.63, 3.8) is 0 Å². The first kappa shape index (κ1) is 18.1. The number of nitrogens with one attached hydrogen (secondary N) is 1. The molecule has 0 saturated carbocycles. The molecule has 0 saturated heterocycles. The van der Waals surface area contributed by atoms with E-state index in [0.29, 0.717) is 36.0 Å². The first-order chi connectivity index (χ1) is 10.5. The molecule has 0 atom stereocenters. The number of carbonyl (C=O) groups excluding carboxylic acids is 1. The van der Waals surface area contributed by atoms with E-state index in [9.17, 15) is 4.79 Å². The minimum absolute atomic E-state index is 0.0643. The second kappa shape index (κ2) is 9.18. The number of carbonyl (C=O) groups is 1. The van der Waals surface area contributed by atoms with Crippen molar-refractivity contribution in [2.24, 2.45) is 5.92 Å². The van der Waals surface area contributed by atoms with E-state index in [1.807, 2.05) is 12.1 Å². The number of hydrogen-bond acceptors (Lipinski definition) is 4. The zero-order chi connectivity index (χ0) is 16.5. The molecular weight excluding hydrogens is 282 g/mol. The Morgan fingerprint density at radius 2 is 1.68 bits per heavy atom. The van der Waals surface area contributed by atoms with Crippen LogP contribution in [-0.2, 0) is 11.2 Å². The Kier molecular flexibility index (Phi) is 7.57. The van der Waals surface area contributed by atoms with Gasteiger partial charge in [0.2, 0.25) is 11.7 Å². The molecule has 0 radical (unpaired) electrons. The van der Waals surface area contributed by atoms with E-state index in [2.05, 4.69) is 19.2 Å². The number of rotatable bonds is 9. The molecule has 1 aromatic rings. The summed E-state index contributed by atoms with van der Waals surface area (Å²) >= 11 is 0. The number of methoxy groups -OCH3 is 3. The van der Waals surface area contributed by atoms with Crippen LogP contribution in [0.15, 0.2) is 12.1 Å². The number of ether oxygens (including phenoxy) is 3. The number of amides is 1. The minimum atomic E-state index is 0.0643. The van der Waals surface area contributed by atoms with Crippen LogP contribution in [0.2, 0.25) is 0 Å². The maximum atomic E-state index is 11.8. The van der Waals surface area contributed by atoms with Crippen molar-refractivity contribution in [2.75, 3.05) is 27.9 Å². The summed E-state index contributed by atoms with van der Waals surface area (Å²) in [4.78, 5) is 11.8. The summed E-state index contributed by atoms with van der Waals surface area (Å²) in [6.07, 6.45) is 2.07. The summed E-state index contributed by atoms with van der Waals surface area (Å²) in [6.45, 7) is 5.01. The van der Waals surface area contributed by atoms with Gasteiger partial charge >= 0.3 is 0 Å². The van der Waals surface area contributed by atoms with E-state index in [1.54, 1.807) is 21.3 Å². The Balaban J connectivity index is 2.64. The van der Waals surface area contributed by atoms with E-state index in [4.69, 9.17) is 14.2 Å². The minimum Gasteiger partial charge on any atom is -0.493 e. The quantitative estimate of drug-likeness (QED) is 0.762. The molecular formula is C17H27NO4. The van der Waals surface area contributed by atoms with E-state index in [0.717, 1.165) is 18.5 Å². The van der Waals surface area contributed by atoms with Crippen molar-refractivity contribution in [2.45, 2.75) is 33.1 Å². The number of aryl methyl sites for hydroxylation is 1. The van der Waals surface area contributed by atoms with Gasteiger partial charge in [0.05, 0.1) is 21.3 Å². The van der Waals surface area contributed by atoms with Crippen LogP contribution in [0.1, 0.15) is 32.3 Å². The SMILES string of the molecule is COc1cc(CCC(=O)NCCC(C)C)cc(OC)c1OC. The molecule has 0 aliphatic rings. The van der Waals surface area contributed by atoms with Crippen molar-refractivity contribution in [3.8, 4) is 17.2 Å². The molecule has 0 aromatic heterocycles. The first-order valence-corrected chi connectivity index (χ1v) is 7.57. The summed E-state index contributed by atoms with van der Waals surface area (Å²) in [5.41, 5.74) is 0.980. The fraction of sp³-hybridized carbons (Fsp3) is 0.588. The van der Waals surface area contributed by atoms with Gasteiger partial charge in [0.15, 0.2) is 11.5 Å². The first-order valence-electron chi connectivity index (χ1n) is 7.57. The third-order valence-electron chi connectivity index (χ3n) is 3.41. The Bertz CT molecular complexity index is 461. The highest BCUT2D eigenvalue weighted by molar-refractivity contribution is 5.76. The molecule has 1 N–H and O–H groups in total. The maximum absolute atomic E-state index is 11.8. The van der Waals surface area contributed by atoms with Crippen LogP contribution < -0.4 is 19.5 Å². The highest BCUT2D eigenvalue weighted by Gasteiger charge is 2.13. The standard InChI is InChI=1S/C17H27NO4/c1-12(2)8-9-18-16(19)7-6-13-10-14(20-3)17(22-5)15(11-13)21-4/h10-12H,6-9H2,1-5H3,(H,18,19). The highest BCUT2D eigenvalue weighted by atomic mass is 16.5. The topological polar surface area (TPSA) is 56.8 Å². The average molecular weight is 309 g/mol. The maximum Gasteiger partial charge on any atom is 0.220 e.